The van der Waals surface area contributed by atoms with E-state index < -0.39 is 6.10 Å². The van der Waals surface area contributed by atoms with Gasteiger partial charge in [0.15, 0.2) is 0 Å². The van der Waals surface area contributed by atoms with Crippen molar-refractivity contribution in [1.82, 2.24) is 16.1 Å². The van der Waals surface area contributed by atoms with Crippen LogP contribution in [-0.4, -0.2) is 56.0 Å². The third-order valence-corrected chi connectivity index (χ3v) is 3.83. The van der Waals surface area contributed by atoms with Crippen molar-refractivity contribution >= 4 is 0 Å². The summed E-state index contributed by atoms with van der Waals surface area (Å²) in [5.74, 6) is 5.66. The van der Waals surface area contributed by atoms with Gasteiger partial charge in [-0.05, 0) is 7.05 Å². The molecule has 2 rings (SSSR count). The van der Waals surface area contributed by atoms with E-state index in [0.29, 0.717) is 26.2 Å². The van der Waals surface area contributed by atoms with Gasteiger partial charge in [0.2, 0.25) is 0 Å². The first-order valence-corrected chi connectivity index (χ1v) is 6.49. The second kappa shape index (κ2) is 6.25. The summed E-state index contributed by atoms with van der Waals surface area (Å²) in [4.78, 5) is 0. The number of aliphatic hydroxyl groups excluding tert-OH is 1. The molecular formula is C11H24N4O3. The number of nitrogens with two attached hydrogens (primary N) is 1. The van der Waals surface area contributed by atoms with E-state index in [1.807, 2.05) is 7.05 Å². The molecule has 106 valence electrons. The molecule has 0 spiro atoms. The number of ether oxygens (including phenoxy) is 2. The molecule has 2 heterocycles. The minimum absolute atomic E-state index is 0.0471. The van der Waals surface area contributed by atoms with Crippen LogP contribution in [0, 0.1) is 0 Å². The number of aliphatic hydroxyl groups is 1. The van der Waals surface area contributed by atoms with E-state index >= 15 is 0 Å². The van der Waals surface area contributed by atoms with Crippen LogP contribution in [0.5, 0.6) is 0 Å². The fourth-order valence-corrected chi connectivity index (χ4v) is 2.56. The zero-order valence-electron chi connectivity index (χ0n) is 10.8. The first-order chi connectivity index (χ1) is 8.69. The molecule has 18 heavy (non-hydrogen) atoms. The van der Waals surface area contributed by atoms with E-state index in [4.69, 9.17) is 15.3 Å². The second-order valence-corrected chi connectivity index (χ2v) is 5.00. The van der Waals surface area contributed by atoms with E-state index in [1.165, 1.54) is 0 Å². The lowest BCUT2D eigenvalue weighted by Gasteiger charge is -2.43. The zero-order chi connectivity index (χ0) is 13.0. The van der Waals surface area contributed by atoms with Gasteiger partial charge in [-0.15, -0.1) is 0 Å². The maximum absolute atomic E-state index is 9.74. The Kier molecular flexibility index (Phi) is 4.91. The summed E-state index contributed by atoms with van der Waals surface area (Å²) in [6.45, 7) is 1.70. The maximum Gasteiger partial charge on any atom is 0.111 e. The molecule has 2 saturated heterocycles. The smallest absolute Gasteiger partial charge is 0.111 e. The fraction of sp³-hybridized carbons (Fsp3) is 1.00. The van der Waals surface area contributed by atoms with Crippen molar-refractivity contribution in [2.24, 2.45) is 5.84 Å². The van der Waals surface area contributed by atoms with Gasteiger partial charge in [-0.25, -0.2) is 5.43 Å². The summed E-state index contributed by atoms with van der Waals surface area (Å²) in [6, 6.07) is 0.0471. The lowest BCUT2D eigenvalue weighted by molar-refractivity contribution is -0.107. The Morgan fingerprint density at radius 1 is 1.33 bits per heavy atom. The molecule has 0 aromatic carbocycles. The van der Waals surface area contributed by atoms with Gasteiger partial charge in [-0.3, -0.25) is 11.2 Å². The largest absolute Gasteiger partial charge is 0.389 e. The van der Waals surface area contributed by atoms with Crippen LogP contribution in [0.3, 0.4) is 0 Å². The highest BCUT2D eigenvalue weighted by Gasteiger charge is 2.37. The third kappa shape index (κ3) is 3.18. The summed E-state index contributed by atoms with van der Waals surface area (Å²) >= 11 is 0. The molecule has 2 aliphatic rings. The van der Waals surface area contributed by atoms with Gasteiger partial charge in [0.25, 0.3) is 0 Å². The predicted molar refractivity (Wildman–Crippen MR) is 66.5 cm³/mol. The molecule has 0 radical (unpaired) electrons. The van der Waals surface area contributed by atoms with Crippen molar-refractivity contribution in [1.29, 1.82) is 0 Å². The molecule has 0 aliphatic carbocycles. The van der Waals surface area contributed by atoms with E-state index in [0.717, 1.165) is 12.8 Å². The van der Waals surface area contributed by atoms with Gasteiger partial charge in [0, 0.05) is 38.5 Å². The minimum atomic E-state index is -0.454. The van der Waals surface area contributed by atoms with E-state index in [1.54, 1.807) is 0 Å². The highest BCUT2D eigenvalue weighted by atomic mass is 16.5. The van der Waals surface area contributed by atoms with E-state index in [9.17, 15) is 5.11 Å². The van der Waals surface area contributed by atoms with Crippen LogP contribution in [0.1, 0.15) is 19.3 Å². The summed E-state index contributed by atoms with van der Waals surface area (Å²) in [5.41, 5.74) is 2.52. The average molecular weight is 260 g/mol. The summed E-state index contributed by atoms with van der Waals surface area (Å²) in [7, 11) is 1.85. The maximum atomic E-state index is 9.74. The highest BCUT2D eigenvalue weighted by molar-refractivity contribution is 4.90. The molecular weight excluding hydrogens is 236 g/mol. The Labute approximate surface area is 107 Å². The fourth-order valence-electron chi connectivity index (χ4n) is 2.56. The SMILES string of the molecule is CNC1CC(NC2(NN)CCOCC2)OCC1O. The highest BCUT2D eigenvalue weighted by Crippen LogP contribution is 2.21. The second-order valence-electron chi connectivity index (χ2n) is 5.00. The van der Waals surface area contributed by atoms with Gasteiger partial charge in [0.1, 0.15) is 6.23 Å². The number of hydrazine groups is 1. The molecule has 0 saturated carbocycles. The summed E-state index contributed by atoms with van der Waals surface area (Å²) in [5, 5.41) is 16.3. The number of likely N-dealkylation sites (N-methyl/N-ethyl adjacent to an activating group) is 1. The average Bonchev–Trinajstić information content (AvgIpc) is 2.42. The van der Waals surface area contributed by atoms with Crippen LogP contribution in [0.25, 0.3) is 0 Å². The van der Waals surface area contributed by atoms with Crippen molar-refractivity contribution in [3.63, 3.8) is 0 Å². The minimum Gasteiger partial charge on any atom is -0.389 e. The number of hydrogen-bond donors (Lipinski definition) is 5. The molecule has 7 nitrogen and oxygen atoms in total. The van der Waals surface area contributed by atoms with E-state index in [-0.39, 0.29) is 17.9 Å². The first kappa shape index (κ1) is 14.1. The Bertz CT molecular complexity index is 261. The predicted octanol–water partition coefficient (Wildman–Crippen LogP) is -1.76. The molecule has 2 aliphatic heterocycles. The first-order valence-electron chi connectivity index (χ1n) is 6.49. The topological polar surface area (TPSA) is 101 Å². The molecule has 3 atom stereocenters. The number of hydrogen-bond acceptors (Lipinski definition) is 7. The Morgan fingerprint density at radius 3 is 2.67 bits per heavy atom. The standard InChI is InChI=1S/C11H24N4O3/c1-13-8-6-10(18-7-9(8)16)14-11(15-12)2-4-17-5-3-11/h8-10,13-16H,2-7,12H2,1H3. The van der Waals surface area contributed by atoms with Crippen LogP contribution in [0.2, 0.25) is 0 Å². The number of nitrogens with one attached hydrogen (secondary N) is 3. The van der Waals surface area contributed by atoms with Crippen LogP contribution >= 0.6 is 0 Å². The summed E-state index contributed by atoms with van der Waals surface area (Å²) < 4.78 is 11.0. The Morgan fingerprint density at radius 2 is 2.06 bits per heavy atom. The molecule has 0 aromatic rings. The van der Waals surface area contributed by atoms with Gasteiger partial charge in [-0.2, -0.15) is 0 Å². The molecule has 7 heteroatoms. The van der Waals surface area contributed by atoms with Crippen molar-refractivity contribution in [3.05, 3.63) is 0 Å². The van der Waals surface area contributed by atoms with Gasteiger partial charge in [0.05, 0.1) is 18.4 Å². The van der Waals surface area contributed by atoms with Crippen molar-refractivity contribution < 1.29 is 14.6 Å². The lowest BCUT2D eigenvalue weighted by atomic mass is 9.98. The third-order valence-electron chi connectivity index (χ3n) is 3.83. The Balaban J connectivity index is 1.91. The normalized spacial score (nSPS) is 36.5. The number of rotatable bonds is 4. The molecule has 0 amide bonds. The quantitative estimate of drug-likeness (QED) is 0.232. The van der Waals surface area contributed by atoms with Crippen molar-refractivity contribution in [2.75, 3.05) is 26.9 Å². The Hall–Kier alpha value is -0.280. The van der Waals surface area contributed by atoms with Gasteiger partial charge >= 0.3 is 0 Å². The molecule has 0 bridgehead atoms. The lowest BCUT2D eigenvalue weighted by Crippen LogP contribution is -2.67. The molecule has 6 N–H and O–H groups in total. The molecule has 3 unspecified atom stereocenters. The van der Waals surface area contributed by atoms with Crippen LogP contribution in [0.15, 0.2) is 0 Å². The summed E-state index contributed by atoms with van der Waals surface area (Å²) in [6.07, 6.45) is 1.75. The van der Waals surface area contributed by atoms with Crippen LogP contribution < -0.4 is 21.9 Å². The van der Waals surface area contributed by atoms with Gasteiger partial charge in [-0.1, -0.05) is 0 Å². The van der Waals surface area contributed by atoms with Crippen LogP contribution in [-0.2, 0) is 9.47 Å². The van der Waals surface area contributed by atoms with Crippen molar-refractivity contribution in [3.8, 4) is 0 Å². The molecule has 0 aromatic heterocycles. The molecule has 2 fully saturated rings. The van der Waals surface area contributed by atoms with E-state index in [2.05, 4.69) is 16.1 Å². The zero-order valence-corrected chi connectivity index (χ0v) is 10.8. The van der Waals surface area contributed by atoms with Crippen molar-refractivity contribution in [2.45, 2.75) is 43.3 Å². The van der Waals surface area contributed by atoms with Crippen LogP contribution in [0.4, 0.5) is 0 Å². The monoisotopic (exact) mass is 260 g/mol. The van der Waals surface area contributed by atoms with Gasteiger partial charge < -0.3 is 19.9 Å².